The molecule has 0 aliphatic rings. The summed E-state index contributed by atoms with van der Waals surface area (Å²) in [5, 5.41) is 17.5. The molecule has 0 bridgehead atoms. The number of fused-ring (bicyclic) bond motifs is 3. The first kappa shape index (κ1) is 18.5. The van der Waals surface area contributed by atoms with Gasteiger partial charge in [0.2, 0.25) is 0 Å². The minimum absolute atomic E-state index is 0.141. The third-order valence-electron chi connectivity index (χ3n) is 4.30. The zero-order chi connectivity index (χ0) is 20.1. The number of nitrogens with zero attached hydrogens (tertiary/aromatic N) is 3. The number of aromatic nitrogens is 3. The second-order valence-electron chi connectivity index (χ2n) is 6.23. The Bertz CT molecular complexity index is 1170. The summed E-state index contributed by atoms with van der Waals surface area (Å²) >= 11 is 1.22. The second-order valence-corrected chi connectivity index (χ2v) is 7.26. The van der Waals surface area contributed by atoms with Crippen molar-refractivity contribution in [3.8, 4) is 5.69 Å². The molecular weight excluding hydrogens is 393 g/mol. The van der Waals surface area contributed by atoms with E-state index < -0.39 is 11.7 Å². The van der Waals surface area contributed by atoms with Gasteiger partial charge in [-0.15, -0.1) is 11.3 Å². The van der Waals surface area contributed by atoms with Crippen LogP contribution < -0.4 is 5.32 Å². The molecule has 0 aliphatic heterocycles. The molecule has 4 aromatic rings. The van der Waals surface area contributed by atoms with Crippen molar-refractivity contribution < 1.29 is 23.1 Å². The van der Waals surface area contributed by atoms with Crippen LogP contribution >= 0.6 is 11.3 Å². The van der Waals surface area contributed by atoms with Crippen LogP contribution in [0.15, 0.2) is 36.5 Å². The average Bonchev–Trinajstić information content (AvgIpc) is 3.29. The predicted octanol–water partition coefficient (Wildman–Crippen LogP) is 3.32. The Morgan fingerprint density at radius 1 is 1.25 bits per heavy atom. The van der Waals surface area contributed by atoms with Crippen molar-refractivity contribution in [3.05, 3.63) is 47.0 Å². The summed E-state index contributed by atoms with van der Waals surface area (Å²) in [7, 11) is 1.75. The Kier molecular flexibility index (Phi) is 4.39. The van der Waals surface area contributed by atoms with Crippen LogP contribution in [0, 0.1) is 0 Å². The Balaban J connectivity index is 1.88. The predicted molar refractivity (Wildman–Crippen MR) is 99.8 cm³/mol. The summed E-state index contributed by atoms with van der Waals surface area (Å²) < 4.78 is 42.0. The molecule has 0 radical (unpaired) electrons. The third kappa shape index (κ3) is 3.04. The average molecular weight is 408 g/mol. The number of hydrogen-bond acceptors (Lipinski definition) is 4. The molecule has 4 rings (SSSR count). The quantitative estimate of drug-likeness (QED) is 0.544. The number of nitrogens with one attached hydrogen (secondary N) is 1. The van der Waals surface area contributed by atoms with Crippen molar-refractivity contribution in [2.75, 3.05) is 13.2 Å². The molecule has 1 aromatic carbocycles. The number of amides is 1. The number of thiophene rings is 1. The molecule has 2 N–H and O–H groups in total. The van der Waals surface area contributed by atoms with E-state index in [1.807, 2.05) is 0 Å². The minimum Gasteiger partial charge on any atom is -0.395 e. The van der Waals surface area contributed by atoms with E-state index in [0.29, 0.717) is 21.0 Å². The van der Waals surface area contributed by atoms with Gasteiger partial charge in [0.05, 0.1) is 17.0 Å². The molecule has 3 heterocycles. The maximum absolute atomic E-state index is 12.9. The van der Waals surface area contributed by atoms with Crippen LogP contribution in [0.4, 0.5) is 13.2 Å². The number of aliphatic hydroxyl groups excluding tert-OH is 1. The van der Waals surface area contributed by atoms with Crippen LogP contribution in [0.2, 0.25) is 0 Å². The lowest BCUT2D eigenvalue weighted by atomic mass is 10.2. The van der Waals surface area contributed by atoms with E-state index in [1.165, 1.54) is 23.5 Å². The fraction of sp³-hybridized carbons (Fsp3) is 0.222. The third-order valence-corrected chi connectivity index (χ3v) is 5.42. The SMILES string of the molecule is Cn1cc2c3cc(C(=O)NCCO)sc3n(-c3ccc(C(F)(F)F)cc3)c2n1. The van der Waals surface area contributed by atoms with Gasteiger partial charge < -0.3 is 10.4 Å². The molecule has 0 aliphatic carbocycles. The van der Waals surface area contributed by atoms with E-state index in [1.54, 1.807) is 28.6 Å². The maximum atomic E-state index is 12.9. The number of carbonyl (C=O) groups is 1. The first-order valence-electron chi connectivity index (χ1n) is 8.34. The first-order valence-corrected chi connectivity index (χ1v) is 9.15. The van der Waals surface area contributed by atoms with Crippen molar-refractivity contribution in [2.24, 2.45) is 7.05 Å². The first-order chi connectivity index (χ1) is 13.3. The highest BCUT2D eigenvalue weighted by molar-refractivity contribution is 7.20. The lowest BCUT2D eigenvalue weighted by Crippen LogP contribution is -2.25. The number of halogens is 3. The smallest absolute Gasteiger partial charge is 0.395 e. The summed E-state index contributed by atoms with van der Waals surface area (Å²) in [6, 6.07) is 6.57. The summed E-state index contributed by atoms with van der Waals surface area (Å²) in [6.07, 6.45) is -2.61. The van der Waals surface area contributed by atoms with Gasteiger partial charge in [-0.25, -0.2) is 0 Å². The van der Waals surface area contributed by atoms with E-state index in [2.05, 4.69) is 10.4 Å². The van der Waals surface area contributed by atoms with Gasteiger partial charge in [0.15, 0.2) is 5.65 Å². The van der Waals surface area contributed by atoms with Gasteiger partial charge in [0.1, 0.15) is 4.83 Å². The molecule has 0 saturated carbocycles. The molecule has 0 atom stereocenters. The molecular formula is C18H15F3N4O2S. The second kappa shape index (κ2) is 6.64. The van der Waals surface area contributed by atoms with Crippen LogP contribution in [-0.4, -0.2) is 38.5 Å². The van der Waals surface area contributed by atoms with E-state index in [-0.39, 0.29) is 19.1 Å². The maximum Gasteiger partial charge on any atom is 0.416 e. The van der Waals surface area contributed by atoms with Gasteiger partial charge in [0, 0.05) is 36.2 Å². The number of benzene rings is 1. The fourth-order valence-corrected chi connectivity index (χ4v) is 4.19. The molecule has 0 fully saturated rings. The molecule has 10 heteroatoms. The van der Waals surface area contributed by atoms with Gasteiger partial charge in [-0.2, -0.15) is 18.3 Å². The number of aliphatic hydroxyl groups is 1. The van der Waals surface area contributed by atoms with Crippen LogP contribution in [0.1, 0.15) is 15.2 Å². The number of aryl methyl sites for hydroxylation is 1. The number of hydrogen-bond donors (Lipinski definition) is 2. The van der Waals surface area contributed by atoms with Crippen molar-refractivity contribution >= 4 is 38.5 Å². The molecule has 1 amide bonds. The van der Waals surface area contributed by atoms with E-state index >= 15 is 0 Å². The normalized spacial score (nSPS) is 12.2. The number of alkyl halides is 3. The Hall–Kier alpha value is -2.85. The van der Waals surface area contributed by atoms with E-state index in [9.17, 15) is 18.0 Å². The van der Waals surface area contributed by atoms with Crippen molar-refractivity contribution in [3.63, 3.8) is 0 Å². The van der Waals surface area contributed by atoms with Crippen LogP contribution in [-0.2, 0) is 13.2 Å². The Morgan fingerprint density at radius 2 is 1.96 bits per heavy atom. The van der Waals surface area contributed by atoms with Gasteiger partial charge in [-0.1, -0.05) is 0 Å². The molecule has 3 aromatic heterocycles. The lowest BCUT2D eigenvalue weighted by Gasteiger charge is -2.09. The van der Waals surface area contributed by atoms with Crippen molar-refractivity contribution in [1.29, 1.82) is 0 Å². The van der Waals surface area contributed by atoms with Crippen LogP contribution in [0.5, 0.6) is 0 Å². The molecule has 6 nitrogen and oxygen atoms in total. The minimum atomic E-state index is -4.41. The monoisotopic (exact) mass is 408 g/mol. The highest BCUT2D eigenvalue weighted by Crippen LogP contribution is 2.37. The summed E-state index contributed by atoms with van der Waals surface area (Å²) in [6.45, 7) is -0.0244. The number of rotatable bonds is 4. The zero-order valence-corrected chi connectivity index (χ0v) is 15.4. The molecule has 0 unspecified atom stereocenters. The van der Waals surface area contributed by atoms with Gasteiger partial charge >= 0.3 is 6.18 Å². The van der Waals surface area contributed by atoms with Crippen LogP contribution in [0.25, 0.3) is 26.9 Å². The largest absolute Gasteiger partial charge is 0.416 e. The van der Waals surface area contributed by atoms with Gasteiger partial charge in [-0.3, -0.25) is 14.0 Å². The summed E-state index contributed by atoms with van der Waals surface area (Å²) in [4.78, 5) is 13.4. The summed E-state index contributed by atoms with van der Waals surface area (Å²) in [5.41, 5.74) is 0.397. The Labute approximate surface area is 160 Å². The zero-order valence-electron chi connectivity index (χ0n) is 14.6. The van der Waals surface area contributed by atoms with E-state index in [0.717, 1.165) is 22.9 Å². The van der Waals surface area contributed by atoms with Gasteiger partial charge in [0.25, 0.3) is 5.91 Å². The van der Waals surface area contributed by atoms with Crippen molar-refractivity contribution in [1.82, 2.24) is 19.7 Å². The van der Waals surface area contributed by atoms with E-state index in [4.69, 9.17) is 5.11 Å². The topological polar surface area (TPSA) is 72.1 Å². The number of carbonyl (C=O) groups excluding carboxylic acids is 1. The van der Waals surface area contributed by atoms with Gasteiger partial charge in [-0.05, 0) is 30.3 Å². The van der Waals surface area contributed by atoms with Crippen LogP contribution in [0.3, 0.4) is 0 Å². The fourth-order valence-electron chi connectivity index (χ4n) is 3.08. The highest BCUT2D eigenvalue weighted by Gasteiger charge is 2.30. The molecule has 0 saturated heterocycles. The molecule has 146 valence electrons. The Morgan fingerprint density at radius 3 is 2.61 bits per heavy atom. The summed E-state index contributed by atoms with van der Waals surface area (Å²) in [5.74, 6) is -0.314. The lowest BCUT2D eigenvalue weighted by molar-refractivity contribution is -0.137. The standard InChI is InChI=1S/C18H15F3N4O2S/c1-24-9-13-12-8-14(16(27)22-6-7-26)28-17(12)25(15(13)23-24)11-4-2-10(3-5-11)18(19,20)21/h2-5,8-9,26H,6-7H2,1H3,(H,22,27). The molecule has 28 heavy (non-hydrogen) atoms. The van der Waals surface area contributed by atoms with Crippen molar-refractivity contribution in [2.45, 2.75) is 6.18 Å². The molecule has 0 spiro atoms. The highest BCUT2D eigenvalue weighted by atomic mass is 32.1.